The molecule has 3 aliphatic rings. The second kappa shape index (κ2) is 19.4. The first-order chi connectivity index (χ1) is 29.5. The molecule has 2 saturated heterocycles. The highest BCUT2D eigenvalue weighted by Crippen LogP contribution is 2.26. The molecule has 23 nitrogen and oxygen atoms in total. The van der Waals surface area contributed by atoms with E-state index in [1.54, 1.807) is 45.0 Å². The normalized spacial score (nSPS) is 24.5. The lowest BCUT2D eigenvalue weighted by Gasteiger charge is -2.42. The lowest BCUT2D eigenvalue weighted by molar-refractivity contribution is -0.173. The van der Waals surface area contributed by atoms with E-state index in [0.29, 0.717) is 22.4 Å². The number of aromatic nitrogens is 4. The number of aromatic amines is 1. The minimum Gasteiger partial charge on any atom is -0.445 e. The molecule has 5 heterocycles. The van der Waals surface area contributed by atoms with E-state index in [1.807, 2.05) is 0 Å². The van der Waals surface area contributed by atoms with Gasteiger partial charge in [-0.1, -0.05) is 26.0 Å². The van der Waals surface area contributed by atoms with Crippen molar-refractivity contribution in [2.24, 2.45) is 5.92 Å². The fourth-order valence-electron chi connectivity index (χ4n) is 7.12. The summed E-state index contributed by atoms with van der Waals surface area (Å²) >= 11 is 0. The van der Waals surface area contributed by atoms with Gasteiger partial charge in [-0.3, -0.25) is 38.6 Å². The van der Waals surface area contributed by atoms with Gasteiger partial charge in [0.25, 0.3) is 11.8 Å². The number of imide groups is 1. The zero-order valence-electron chi connectivity index (χ0n) is 34.2. The quantitative estimate of drug-likeness (QED) is 0.0776. The van der Waals surface area contributed by atoms with Crippen LogP contribution in [0, 0.1) is 5.92 Å². The number of nitrogens with one attached hydrogen (secondary N) is 6. The molecule has 6 rings (SSSR count). The lowest BCUT2D eigenvalue weighted by Crippen LogP contribution is -2.66. The molecule has 3 aromatic rings. The first kappa shape index (κ1) is 45.0. The van der Waals surface area contributed by atoms with Crippen LogP contribution in [0.15, 0.2) is 49.1 Å². The molecule has 7 amide bonds. The first-order valence-electron chi connectivity index (χ1n) is 19.9. The maximum Gasteiger partial charge on any atom is 0.410 e. The fourth-order valence-corrected chi connectivity index (χ4v) is 7.12. The zero-order chi connectivity index (χ0) is 44.8. The molecule has 0 unspecified atom stereocenters. The van der Waals surface area contributed by atoms with E-state index in [4.69, 9.17) is 9.47 Å². The van der Waals surface area contributed by atoms with Gasteiger partial charge in [-0.05, 0) is 43.9 Å². The Morgan fingerprint density at radius 1 is 0.952 bits per heavy atom. The third kappa shape index (κ3) is 10.3. The van der Waals surface area contributed by atoms with E-state index in [0.717, 1.165) is 22.0 Å². The van der Waals surface area contributed by atoms with Gasteiger partial charge in [0.1, 0.15) is 48.8 Å². The molecule has 0 aliphatic carbocycles. The van der Waals surface area contributed by atoms with E-state index in [9.17, 15) is 48.9 Å². The van der Waals surface area contributed by atoms with Gasteiger partial charge < -0.3 is 56.4 Å². The molecule has 23 heteroatoms. The third-order valence-electron chi connectivity index (χ3n) is 10.6. The highest BCUT2D eigenvalue weighted by atomic mass is 16.6. The summed E-state index contributed by atoms with van der Waals surface area (Å²) in [5.41, 5.74) is 1.70. The summed E-state index contributed by atoms with van der Waals surface area (Å²) in [5, 5.41) is 46.1. The van der Waals surface area contributed by atoms with Gasteiger partial charge in [0.15, 0.2) is 17.7 Å². The van der Waals surface area contributed by atoms with Gasteiger partial charge in [-0.2, -0.15) is 0 Å². The Hall–Kier alpha value is -6.56. The van der Waals surface area contributed by atoms with Crippen LogP contribution in [0.25, 0.3) is 11.2 Å². The number of hydrogen-bond acceptors (Lipinski definition) is 16. The average Bonchev–Trinajstić information content (AvgIpc) is 3.97. The number of aliphatic hydroxyl groups excluding tert-OH is 3. The number of fused-ring (bicyclic) bond motifs is 1. The number of anilines is 2. The molecule has 2 fully saturated rings. The Labute approximate surface area is 354 Å². The number of hydrogen-bond donors (Lipinski definition) is 9. The molecular formula is C39H49N11O12. The Bertz CT molecular complexity index is 2180. The van der Waals surface area contributed by atoms with Gasteiger partial charge in [0, 0.05) is 37.3 Å². The number of imidazole rings is 1. The molecule has 9 atom stereocenters. The number of carbonyl (C=O) groups is 7. The highest BCUT2D eigenvalue weighted by molar-refractivity contribution is 6.13. The Balaban J connectivity index is 0.953. The molecule has 0 bridgehead atoms. The molecule has 1 aromatic carbocycles. The maximum atomic E-state index is 13.5. The molecular weight excluding hydrogens is 814 g/mol. The summed E-state index contributed by atoms with van der Waals surface area (Å²) in [7, 11) is 0. The zero-order valence-corrected chi connectivity index (χ0v) is 34.2. The van der Waals surface area contributed by atoms with E-state index >= 15 is 0 Å². The van der Waals surface area contributed by atoms with Crippen LogP contribution in [0.5, 0.6) is 0 Å². The number of carbonyl (C=O) groups excluding carboxylic acids is 7. The van der Waals surface area contributed by atoms with Crippen LogP contribution < -0.4 is 26.6 Å². The van der Waals surface area contributed by atoms with Crippen LogP contribution in [-0.2, 0) is 44.8 Å². The van der Waals surface area contributed by atoms with Crippen molar-refractivity contribution in [2.75, 3.05) is 23.7 Å². The van der Waals surface area contributed by atoms with Gasteiger partial charge in [-0.15, -0.1) is 0 Å². The molecule has 0 radical (unpaired) electrons. The van der Waals surface area contributed by atoms with Crippen molar-refractivity contribution in [3.63, 3.8) is 0 Å². The standard InChI is InChI=1S/C39H49N11O12/c1-18(2)27(46-24(52)12-14-49-25(53)9-10-26(49)54)36(58)44-19(3)35(57)45-22-7-5-21(6-8-22)15-61-39(60)50-13-11-23(51)30(50)37(59)47-28-20(4)62-38(32(56)31(28)55)48-34-29-33(41-16-40-29)42-17-43-34/h5-10,16-20,23,27-28,30-32,38,51,55-56H,11-15H2,1-4H3,(H,44,58)(H,45,57)(H,46,52)(H,47,59)(H2,40,41,42,43,48)/t19-,20-,23-,27-,28-,30+,31+,32-,38-/m0/s1. The number of benzene rings is 1. The van der Waals surface area contributed by atoms with Gasteiger partial charge in [-0.25, -0.2) is 19.7 Å². The van der Waals surface area contributed by atoms with Gasteiger partial charge in [0.05, 0.1) is 24.6 Å². The Morgan fingerprint density at radius 3 is 2.35 bits per heavy atom. The number of nitrogens with zero attached hydrogens (tertiary/aromatic N) is 5. The van der Waals surface area contributed by atoms with Crippen molar-refractivity contribution < 1.29 is 58.4 Å². The average molecular weight is 864 g/mol. The predicted molar refractivity (Wildman–Crippen MR) is 215 cm³/mol. The van der Waals surface area contributed by atoms with Crippen molar-refractivity contribution in [3.05, 3.63) is 54.6 Å². The third-order valence-corrected chi connectivity index (χ3v) is 10.6. The van der Waals surface area contributed by atoms with E-state index < -0.39 is 96.3 Å². The number of aliphatic hydroxyl groups is 3. The molecule has 3 aliphatic heterocycles. The summed E-state index contributed by atoms with van der Waals surface area (Å²) in [6, 6.07) is 1.75. The van der Waals surface area contributed by atoms with Crippen molar-refractivity contribution in [3.8, 4) is 0 Å². The van der Waals surface area contributed by atoms with E-state index in [2.05, 4.69) is 46.5 Å². The smallest absolute Gasteiger partial charge is 0.410 e. The number of H-pyrrole nitrogens is 1. The number of likely N-dealkylation sites (tertiary alicyclic amines) is 1. The molecule has 9 N–H and O–H groups in total. The lowest BCUT2D eigenvalue weighted by atomic mass is 9.95. The van der Waals surface area contributed by atoms with Crippen molar-refractivity contribution in [1.82, 2.24) is 45.7 Å². The number of ether oxygens (including phenoxy) is 2. The highest BCUT2D eigenvalue weighted by Gasteiger charge is 2.47. The molecule has 0 saturated carbocycles. The molecule has 62 heavy (non-hydrogen) atoms. The second-order valence-electron chi connectivity index (χ2n) is 15.4. The topological polar surface area (TPSA) is 320 Å². The first-order valence-corrected chi connectivity index (χ1v) is 19.9. The van der Waals surface area contributed by atoms with Crippen LogP contribution in [0.4, 0.5) is 16.3 Å². The van der Waals surface area contributed by atoms with E-state index in [1.165, 1.54) is 19.6 Å². The summed E-state index contributed by atoms with van der Waals surface area (Å²) < 4.78 is 11.4. The van der Waals surface area contributed by atoms with Gasteiger partial charge >= 0.3 is 6.09 Å². The minimum atomic E-state index is -1.54. The minimum absolute atomic E-state index is 0.00204. The van der Waals surface area contributed by atoms with Crippen LogP contribution in [0.2, 0.25) is 0 Å². The number of amides is 7. The van der Waals surface area contributed by atoms with Gasteiger partial charge in [0.2, 0.25) is 23.6 Å². The summed E-state index contributed by atoms with van der Waals surface area (Å²) in [5.74, 6) is -3.66. The summed E-state index contributed by atoms with van der Waals surface area (Å²) in [6.07, 6.45) is -2.40. The molecule has 2 aromatic heterocycles. The van der Waals surface area contributed by atoms with Crippen LogP contribution in [0.1, 0.15) is 46.1 Å². The fraction of sp³-hybridized carbons (Fsp3) is 0.487. The Morgan fingerprint density at radius 2 is 1.66 bits per heavy atom. The monoisotopic (exact) mass is 863 g/mol. The molecule has 0 spiro atoms. The van der Waals surface area contributed by atoms with Crippen LogP contribution in [-0.4, -0.2) is 154 Å². The predicted octanol–water partition coefficient (Wildman–Crippen LogP) is -1.61. The van der Waals surface area contributed by atoms with Crippen LogP contribution >= 0.6 is 0 Å². The summed E-state index contributed by atoms with van der Waals surface area (Å²) in [6.45, 7) is 6.08. The second-order valence-corrected chi connectivity index (χ2v) is 15.4. The van der Waals surface area contributed by atoms with Crippen LogP contribution in [0.3, 0.4) is 0 Å². The summed E-state index contributed by atoms with van der Waals surface area (Å²) in [4.78, 5) is 106. The van der Waals surface area contributed by atoms with Crippen molar-refractivity contribution in [2.45, 2.75) is 102 Å². The molecule has 332 valence electrons. The largest absolute Gasteiger partial charge is 0.445 e. The SMILES string of the molecule is CC(C)[C@H](NC(=O)CCN1C(=O)C=CC1=O)C(=O)N[C@@H](C)C(=O)Nc1ccc(COC(=O)N2CC[C@H](O)[C@@H]2C(=O)N[C@@H]2[C@@H](O)[C@H](O)[C@@H](Nc3ncnc4nc[nH]c34)O[C@H]2C)cc1. The van der Waals surface area contributed by atoms with Crippen molar-refractivity contribution >= 4 is 64.2 Å². The van der Waals surface area contributed by atoms with Crippen molar-refractivity contribution in [1.29, 1.82) is 0 Å². The number of rotatable bonds is 15. The van der Waals surface area contributed by atoms with E-state index in [-0.39, 0.29) is 44.3 Å². The maximum absolute atomic E-state index is 13.5. The Kier molecular flexibility index (Phi) is 14.1.